The van der Waals surface area contributed by atoms with Crippen LogP contribution >= 0.6 is 0 Å². The molecule has 7 nitrogen and oxygen atoms in total. The number of carbonyl (C=O) groups is 1. The highest BCUT2D eigenvalue weighted by Crippen LogP contribution is 2.24. The quantitative estimate of drug-likeness (QED) is 0.337. The van der Waals surface area contributed by atoms with Gasteiger partial charge in [-0.1, -0.05) is 6.92 Å². The van der Waals surface area contributed by atoms with E-state index < -0.39 is 5.97 Å². The summed E-state index contributed by atoms with van der Waals surface area (Å²) in [5.74, 6) is 0.156. The Hall–Kier alpha value is -2.14. The molecule has 0 radical (unpaired) electrons. The molecule has 0 aliphatic rings. The van der Waals surface area contributed by atoms with Gasteiger partial charge in [-0.15, -0.1) is 0 Å². The molecule has 1 aromatic heterocycles. The summed E-state index contributed by atoms with van der Waals surface area (Å²) in [6, 6.07) is 0. The van der Waals surface area contributed by atoms with Crippen LogP contribution in [0.25, 0.3) is 10.4 Å². The molecule has 0 fully saturated rings. The highest BCUT2D eigenvalue weighted by atomic mass is 16.5. The fourth-order valence-electron chi connectivity index (χ4n) is 1.01. The molecule has 0 atom stereocenters. The first-order chi connectivity index (χ1) is 7.67. The fourth-order valence-corrected chi connectivity index (χ4v) is 1.01. The largest absolute Gasteiger partial charge is 0.423 e. The normalized spacial score (nSPS) is 9.38. The molecule has 0 saturated heterocycles. The molecule has 0 spiro atoms. The number of rotatable bonds is 4. The van der Waals surface area contributed by atoms with Gasteiger partial charge in [-0.3, -0.25) is 4.79 Å². The van der Waals surface area contributed by atoms with E-state index in [0.29, 0.717) is 18.7 Å². The molecule has 1 rings (SSSR count). The first kappa shape index (κ1) is 11.9. The molecular weight excluding hydrogens is 210 g/mol. The van der Waals surface area contributed by atoms with E-state index in [0.717, 1.165) is 0 Å². The number of hydrogen-bond acceptors (Lipinski definition) is 5. The average molecular weight is 221 g/mol. The van der Waals surface area contributed by atoms with Crippen LogP contribution in [0.4, 0.5) is 5.82 Å². The van der Waals surface area contributed by atoms with Crippen molar-refractivity contribution >= 4 is 11.8 Å². The Balaban J connectivity index is 2.94. The predicted molar refractivity (Wildman–Crippen MR) is 56.1 cm³/mol. The number of hydrogen-bond donors (Lipinski definition) is 0. The van der Waals surface area contributed by atoms with Gasteiger partial charge < -0.3 is 4.74 Å². The van der Waals surface area contributed by atoms with E-state index in [1.54, 1.807) is 6.92 Å². The van der Waals surface area contributed by atoms with Crippen LogP contribution in [0, 0.1) is 6.92 Å². The van der Waals surface area contributed by atoms with Crippen LogP contribution in [0.2, 0.25) is 0 Å². The highest BCUT2D eigenvalue weighted by molar-refractivity contribution is 5.73. The Morgan fingerprint density at radius 2 is 2.44 bits per heavy atom. The van der Waals surface area contributed by atoms with E-state index >= 15 is 0 Å². The molecule has 0 bridgehead atoms. The summed E-state index contributed by atoms with van der Waals surface area (Å²) in [4.78, 5) is 21.6. The zero-order chi connectivity index (χ0) is 12.0. The first-order valence-corrected chi connectivity index (χ1v) is 4.76. The van der Waals surface area contributed by atoms with Crippen molar-refractivity contribution in [1.29, 1.82) is 0 Å². The molecule has 0 unspecified atom stereocenters. The maximum Gasteiger partial charge on any atom is 0.311 e. The Morgan fingerprint density at radius 3 is 3.06 bits per heavy atom. The maximum atomic E-state index is 11.2. The molecule has 0 N–H and O–H groups in total. The minimum atomic E-state index is -0.399. The van der Waals surface area contributed by atoms with Crippen LogP contribution in [-0.2, 0) is 4.79 Å². The molecule has 0 saturated carbocycles. The molecule has 0 aromatic carbocycles. The smallest absolute Gasteiger partial charge is 0.311 e. The van der Waals surface area contributed by atoms with Crippen LogP contribution in [0.1, 0.15) is 25.6 Å². The summed E-state index contributed by atoms with van der Waals surface area (Å²) in [5.41, 5.74) is 8.33. The van der Waals surface area contributed by atoms with Crippen molar-refractivity contribution in [2.45, 2.75) is 26.7 Å². The molecule has 1 heterocycles. The minimum Gasteiger partial charge on any atom is -0.423 e. The van der Waals surface area contributed by atoms with Crippen molar-refractivity contribution in [3.05, 3.63) is 22.5 Å². The molecule has 84 valence electrons. The second-order valence-electron chi connectivity index (χ2n) is 3.02. The van der Waals surface area contributed by atoms with Gasteiger partial charge in [0, 0.05) is 11.3 Å². The molecule has 0 aliphatic carbocycles. The molecular formula is C9H11N5O2. The number of ether oxygens (including phenoxy) is 1. The van der Waals surface area contributed by atoms with Gasteiger partial charge >= 0.3 is 5.97 Å². The number of esters is 1. The summed E-state index contributed by atoms with van der Waals surface area (Å²) < 4.78 is 4.96. The number of azide groups is 1. The minimum absolute atomic E-state index is 0.0273. The van der Waals surface area contributed by atoms with Gasteiger partial charge in [0.05, 0.1) is 6.20 Å². The van der Waals surface area contributed by atoms with E-state index in [1.165, 1.54) is 6.20 Å². The van der Waals surface area contributed by atoms with Gasteiger partial charge in [0.1, 0.15) is 5.82 Å². The number of aromatic nitrogens is 2. The summed E-state index contributed by atoms with van der Waals surface area (Å²) in [7, 11) is 0. The van der Waals surface area contributed by atoms with Gasteiger partial charge in [-0.2, -0.15) is 0 Å². The van der Waals surface area contributed by atoms with Crippen LogP contribution in [0.15, 0.2) is 11.3 Å². The Kier molecular flexibility index (Phi) is 4.23. The lowest BCUT2D eigenvalue weighted by Gasteiger charge is -2.05. The van der Waals surface area contributed by atoms with Crippen molar-refractivity contribution < 1.29 is 9.53 Å². The topological polar surface area (TPSA) is 101 Å². The lowest BCUT2D eigenvalue weighted by Crippen LogP contribution is -2.08. The maximum absolute atomic E-state index is 11.2. The van der Waals surface area contributed by atoms with Crippen LogP contribution < -0.4 is 4.74 Å². The van der Waals surface area contributed by atoms with Gasteiger partial charge in [0.15, 0.2) is 11.6 Å². The predicted octanol–water partition coefficient (Wildman–Crippen LogP) is 2.43. The Labute approximate surface area is 92.1 Å². The van der Waals surface area contributed by atoms with E-state index in [4.69, 9.17) is 10.3 Å². The van der Waals surface area contributed by atoms with Crippen molar-refractivity contribution in [2.75, 3.05) is 0 Å². The van der Waals surface area contributed by atoms with E-state index in [-0.39, 0.29) is 11.6 Å². The second-order valence-corrected chi connectivity index (χ2v) is 3.02. The molecule has 16 heavy (non-hydrogen) atoms. The van der Waals surface area contributed by atoms with Crippen LogP contribution in [-0.4, -0.2) is 15.9 Å². The lowest BCUT2D eigenvalue weighted by atomic mass is 10.3. The molecule has 1 aromatic rings. The summed E-state index contributed by atoms with van der Waals surface area (Å²) in [6.45, 7) is 3.51. The SMILES string of the molecule is CCCC(=O)Oc1cnc(C)nc1N=[N+]=[N-]. The third kappa shape index (κ3) is 3.21. The van der Waals surface area contributed by atoms with Gasteiger partial charge in [-0.25, -0.2) is 9.97 Å². The third-order valence-corrected chi connectivity index (χ3v) is 1.67. The summed E-state index contributed by atoms with van der Waals surface area (Å²) in [5, 5.41) is 3.33. The van der Waals surface area contributed by atoms with Gasteiger partial charge in [-0.05, 0) is 24.0 Å². The molecule has 0 aliphatic heterocycles. The van der Waals surface area contributed by atoms with Crippen molar-refractivity contribution in [3.63, 3.8) is 0 Å². The van der Waals surface area contributed by atoms with Crippen LogP contribution in [0.3, 0.4) is 0 Å². The van der Waals surface area contributed by atoms with Crippen molar-refractivity contribution in [1.82, 2.24) is 9.97 Å². The van der Waals surface area contributed by atoms with Crippen LogP contribution in [0.5, 0.6) is 5.75 Å². The summed E-state index contributed by atoms with van der Waals surface area (Å²) >= 11 is 0. The average Bonchev–Trinajstić information content (AvgIpc) is 2.23. The van der Waals surface area contributed by atoms with E-state index in [9.17, 15) is 4.79 Å². The standard InChI is InChI=1S/C9H11N5O2/c1-3-4-8(15)16-7-5-11-6(2)12-9(7)13-14-10/h5H,3-4H2,1-2H3. The zero-order valence-electron chi connectivity index (χ0n) is 9.04. The highest BCUT2D eigenvalue weighted by Gasteiger charge is 2.09. The third-order valence-electron chi connectivity index (χ3n) is 1.67. The zero-order valence-corrected chi connectivity index (χ0v) is 9.04. The second kappa shape index (κ2) is 5.67. The van der Waals surface area contributed by atoms with Crippen molar-refractivity contribution in [2.24, 2.45) is 5.11 Å². The lowest BCUT2D eigenvalue weighted by molar-refractivity contribution is -0.134. The van der Waals surface area contributed by atoms with Crippen molar-refractivity contribution in [3.8, 4) is 5.75 Å². The number of carbonyl (C=O) groups excluding carboxylic acids is 1. The monoisotopic (exact) mass is 221 g/mol. The number of nitrogens with zero attached hydrogens (tertiary/aromatic N) is 5. The van der Waals surface area contributed by atoms with Gasteiger partial charge in [0.25, 0.3) is 0 Å². The summed E-state index contributed by atoms with van der Waals surface area (Å²) in [6.07, 6.45) is 2.30. The fraction of sp³-hybridized carbons (Fsp3) is 0.444. The number of aryl methyl sites for hydroxylation is 1. The van der Waals surface area contributed by atoms with E-state index in [1.807, 2.05) is 6.92 Å². The first-order valence-electron chi connectivity index (χ1n) is 4.76. The molecule has 7 heteroatoms. The Bertz CT molecular complexity index is 440. The Morgan fingerprint density at radius 1 is 1.69 bits per heavy atom. The van der Waals surface area contributed by atoms with E-state index in [2.05, 4.69) is 20.0 Å². The van der Waals surface area contributed by atoms with Gasteiger partial charge in [0.2, 0.25) is 0 Å². The molecule has 0 amide bonds.